The molecule has 0 fully saturated rings. The van der Waals surface area contributed by atoms with Gasteiger partial charge in [0, 0.05) is 5.57 Å². The smallest absolute Gasteiger partial charge is 0.335 e. The van der Waals surface area contributed by atoms with Gasteiger partial charge in [0.25, 0.3) is 0 Å². The Morgan fingerprint density at radius 1 is 1.05 bits per heavy atom. The van der Waals surface area contributed by atoms with E-state index in [4.69, 9.17) is 5.11 Å². The van der Waals surface area contributed by atoms with Crippen LogP contribution in [0.25, 0.3) is 0 Å². The molecule has 1 N–H and O–H groups in total. The molecule has 0 aliphatic carbocycles. The summed E-state index contributed by atoms with van der Waals surface area (Å²) in [6.07, 6.45) is 0.659. The van der Waals surface area contributed by atoms with Crippen LogP contribution < -0.4 is 0 Å². The minimum absolute atomic E-state index is 0.0943. The van der Waals surface area contributed by atoms with Crippen LogP contribution in [0.5, 0.6) is 0 Å². The van der Waals surface area contributed by atoms with Crippen molar-refractivity contribution >= 4 is 11.9 Å². The van der Waals surface area contributed by atoms with Gasteiger partial charge in [-0.05, 0) is 13.3 Å². The van der Waals surface area contributed by atoms with Gasteiger partial charge in [0.1, 0.15) is 0 Å². The fourth-order valence-corrected chi connectivity index (χ4v) is 0.586. The van der Waals surface area contributed by atoms with E-state index in [9.17, 15) is 9.59 Å². The zero-order chi connectivity index (χ0) is 15.8. The first kappa shape index (κ1) is 22.6. The Morgan fingerprint density at radius 3 is 1.74 bits per heavy atom. The largest absolute Gasteiger partial charge is 0.466 e. The van der Waals surface area contributed by atoms with Crippen molar-refractivity contribution in [2.24, 2.45) is 0 Å². The zero-order valence-electron chi connectivity index (χ0n) is 12.6. The van der Waals surface area contributed by atoms with Crippen molar-refractivity contribution in [2.45, 2.75) is 34.1 Å². The normalized spacial score (nSPS) is 7.89. The molecule has 0 radical (unpaired) electrons. The first-order chi connectivity index (χ1) is 8.94. The monoisotopic (exact) mass is 274 g/mol. The number of hydrogen-bond donors (Lipinski definition) is 1. The van der Waals surface area contributed by atoms with Crippen LogP contribution in [0.3, 0.4) is 0 Å². The maximum atomic E-state index is 10.5. The van der Waals surface area contributed by atoms with E-state index in [1.165, 1.54) is 7.11 Å². The number of rotatable bonds is 5. The van der Waals surface area contributed by atoms with E-state index in [1.807, 2.05) is 20.8 Å². The predicted molar refractivity (Wildman–Crippen MR) is 75.7 cm³/mol. The first-order valence-corrected chi connectivity index (χ1v) is 6.16. The number of aliphatic hydroxyl groups excluding tert-OH is 1. The van der Waals surface area contributed by atoms with Crippen LogP contribution in [-0.4, -0.2) is 37.4 Å². The van der Waals surface area contributed by atoms with Gasteiger partial charge < -0.3 is 14.6 Å². The number of aliphatic hydroxyl groups is 1. The van der Waals surface area contributed by atoms with Crippen molar-refractivity contribution in [3.8, 4) is 0 Å². The highest BCUT2D eigenvalue weighted by Gasteiger charge is 2.03. The fraction of sp³-hybridized carbons (Fsp3) is 0.571. The summed E-state index contributed by atoms with van der Waals surface area (Å²) < 4.78 is 8.86. The van der Waals surface area contributed by atoms with E-state index in [0.29, 0.717) is 18.6 Å². The van der Waals surface area contributed by atoms with Gasteiger partial charge in [-0.3, -0.25) is 0 Å². The van der Waals surface area contributed by atoms with E-state index in [0.717, 1.165) is 0 Å². The topological polar surface area (TPSA) is 72.8 Å². The zero-order valence-corrected chi connectivity index (χ0v) is 12.6. The first-order valence-electron chi connectivity index (χ1n) is 6.16. The van der Waals surface area contributed by atoms with Crippen molar-refractivity contribution in [1.82, 2.24) is 0 Å². The second kappa shape index (κ2) is 16.4. The molecule has 0 saturated heterocycles. The van der Waals surface area contributed by atoms with Gasteiger partial charge in [-0.25, -0.2) is 9.59 Å². The second-order valence-corrected chi connectivity index (χ2v) is 2.93. The minimum atomic E-state index is -0.528. The highest BCUT2D eigenvalue weighted by Crippen LogP contribution is 1.96. The van der Waals surface area contributed by atoms with E-state index < -0.39 is 5.97 Å². The van der Waals surface area contributed by atoms with Crippen LogP contribution in [0.1, 0.15) is 34.1 Å². The molecule has 5 nitrogen and oxygen atoms in total. The van der Waals surface area contributed by atoms with Crippen molar-refractivity contribution in [3.63, 3.8) is 0 Å². The number of methoxy groups -OCH3 is 1. The van der Waals surface area contributed by atoms with Crippen LogP contribution in [0.4, 0.5) is 0 Å². The van der Waals surface area contributed by atoms with Crippen LogP contribution >= 0.6 is 0 Å². The molecule has 0 atom stereocenters. The number of esters is 2. The fourth-order valence-electron chi connectivity index (χ4n) is 0.586. The minimum Gasteiger partial charge on any atom is -0.466 e. The summed E-state index contributed by atoms with van der Waals surface area (Å²) in [5, 5.41) is 8.33. The van der Waals surface area contributed by atoms with Gasteiger partial charge in [-0.2, -0.15) is 0 Å². The average Bonchev–Trinajstić information content (AvgIpc) is 2.47. The van der Waals surface area contributed by atoms with E-state index in [-0.39, 0.29) is 18.1 Å². The van der Waals surface area contributed by atoms with Gasteiger partial charge in [0.2, 0.25) is 0 Å². The molecule has 0 amide bonds. The number of hydrogen-bond acceptors (Lipinski definition) is 5. The Labute approximate surface area is 115 Å². The summed E-state index contributed by atoms with van der Waals surface area (Å²) in [5.74, 6) is -0.840. The summed E-state index contributed by atoms with van der Waals surface area (Å²) in [4.78, 5) is 20.9. The van der Waals surface area contributed by atoms with Gasteiger partial charge in [0.15, 0.2) is 0 Å². The average molecular weight is 274 g/mol. The van der Waals surface area contributed by atoms with Crippen LogP contribution in [0.2, 0.25) is 0 Å². The molecule has 0 bridgehead atoms. The van der Waals surface area contributed by atoms with Crippen molar-refractivity contribution < 1.29 is 24.2 Å². The SMILES string of the molecule is C=C(CC)C(=O)OC.C=C(CO)C(=O)OCC.CC. The molecule has 19 heavy (non-hydrogen) atoms. The quantitative estimate of drug-likeness (QED) is 0.615. The Bertz CT molecular complexity index is 268. The molecule has 0 rings (SSSR count). The van der Waals surface area contributed by atoms with Crippen molar-refractivity contribution in [3.05, 3.63) is 24.3 Å². The maximum Gasteiger partial charge on any atom is 0.335 e. The maximum absolute atomic E-state index is 10.5. The molecular formula is C14H26O5. The molecule has 0 aliphatic heterocycles. The molecule has 0 unspecified atom stereocenters. The highest BCUT2D eigenvalue weighted by molar-refractivity contribution is 5.88. The molecule has 0 aromatic heterocycles. The second-order valence-electron chi connectivity index (χ2n) is 2.93. The summed E-state index contributed by atoms with van der Waals surface area (Å²) in [6, 6.07) is 0. The van der Waals surface area contributed by atoms with Crippen molar-refractivity contribution in [1.29, 1.82) is 0 Å². The Kier molecular flexibility index (Phi) is 19.4. The Balaban J connectivity index is -0.000000239. The summed E-state index contributed by atoms with van der Waals surface area (Å²) in [7, 11) is 1.35. The van der Waals surface area contributed by atoms with Crippen LogP contribution in [0, 0.1) is 0 Å². The van der Waals surface area contributed by atoms with Gasteiger partial charge >= 0.3 is 11.9 Å². The lowest BCUT2D eigenvalue weighted by Crippen LogP contribution is -2.08. The summed E-state index contributed by atoms with van der Waals surface area (Å²) in [5.41, 5.74) is 0.615. The molecule has 0 heterocycles. The molecule has 5 heteroatoms. The highest BCUT2D eigenvalue weighted by atomic mass is 16.5. The standard InChI is InChI=1S/C6H10O3.C6H10O2.C2H6/c1-3-9-6(8)5(2)4-7;1-4-5(2)6(7)8-3;1-2/h7H,2-4H2,1H3;2,4H2,1,3H3;1-2H3. The molecule has 0 aromatic rings. The van der Waals surface area contributed by atoms with E-state index in [2.05, 4.69) is 22.6 Å². The van der Waals surface area contributed by atoms with E-state index >= 15 is 0 Å². The number of carbonyl (C=O) groups is 2. The van der Waals surface area contributed by atoms with Gasteiger partial charge in [-0.15, -0.1) is 0 Å². The molecule has 0 aromatic carbocycles. The summed E-state index contributed by atoms with van der Waals surface area (Å²) in [6.45, 7) is 14.3. The van der Waals surface area contributed by atoms with E-state index in [1.54, 1.807) is 6.92 Å². The van der Waals surface area contributed by atoms with Crippen molar-refractivity contribution in [2.75, 3.05) is 20.3 Å². The lowest BCUT2D eigenvalue weighted by atomic mass is 10.2. The third-order valence-corrected chi connectivity index (χ3v) is 1.66. The lowest BCUT2D eigenvalue weighted by molar-refractivity contribution is -0.139. The number of ether oxygens (including phenoxy) is 2. The molecule has 0 saturated carbocycles. The van der Waals surface area contributed by atoms with Gasteiger partial charge in [0.05, 0.1) is 25.9 Å². The molecule has 112 valence electrons. The van der Waals surface area contributed by atoms with Crippen LogP contribution in [-0.2, 0) is 19.1 Å². The predicted octanol–water partition coefficient (Wildman–Crippen LogP) is 2.25. The van der Waals surface area contributed by atoms with Crippen LogP contribution in [0.15, 0.2) is 24.3 Å². The number of carbonyl (C=O) groups excluding carboxylic acids is 2. The third-order valence-electron chi connectivity index (χ3n) is 1.66. The molecular weight excluding hydrogens is 248 g/mol. The lowest BCUT2D eigenvalue weighted by Gasteiger charge is -1.99. The van der Waals surface area contributed by atoms with Gasteiger partial charge in [-0.1, -0.05) is 33.9 Å². The molecule has 0 spiro atoms. The summed E-state index contributed by atoms with van der Waals surface area (Å²) >= 11 is 0. The molecule has 0 aliphatic rings. The third kappa shape index (κ3) is 14.3. The Morgan fingerprint density at radius 2 is 1.53 bits per heavy atom. The Hall–Kier alpha value is -1.62.